The molecule has 0 spiro atoms. The van der Waals surface area contributed by atoms with Gasteiger partial charge in [0.2, 0.25) is 10.0 Å². The van der Waals surface area contributed by atoms with Gasteiger partial charge in [-0.05, 0) is 48.2 Å². The van der Waals surface area contributed by atoms with Crippen molar-refractivity contribution in [3.8, 4) is 11.1 Å². The Morgan fingerprint density at radius 2 is 1.83 bits per heavy atom. The van der Waals surface area contributed by atoms with Gasteiger partial charge >= 0.3 is 0 Å². The van der Waals surface area contributed by atoms with Gasteiger partial charge in [-0.1, -0.05) is 18.2 Å². The first-order valence-corrected chi connectivity index (χ1v) is 10.9. The third kappa shape index (κ3) is 3.27. The molecule has 0 saturated carbocycles. The lowest BCUT2D eigenvalue weighted by Crippen LogP contribution is -2.16. The molecule has 0 radical (unpaired) electrons. The number of rotatable bonds is 3. The molecule has 2 aromatic carbocycles. The van der Waals surface area contributed by atoms with Gasteiger partial charge in [0.05, 0.1) is 22.1 Å². The molecule has 1 aliphatic rings. The molecule has 0 aliphatic carbocycles. The average molecular weight is 409 g/mol. The van der Waals surface area contributed by atoms with Crippen molar-refractivity contribution in [2.45, 2.75) is 23.7 Å². The second-order valence-electron chi connectivity index (χ2n) is 7.17. The second kappa shape index (κ2) is 6.87. The molecule has 4 aromatic rings. The van der Waals surface area contributed by atoms with E-state index in [1.807, 2.05) is 28.7 Å². The molecule has 9 heteroatoms. The topological polar surface area (TPSA) is 112 Å². The SMILES string of the molecule is NS(=O)(=O)c1cccc(-c2ccc3ncc4nnc(C5CCOCC5)n4c3c2)c1. The summed E-state index contributed by atoms with van der Waals surface area (Å²) >= 11 is 0. The third-order valence-electron chi connectivity index (χ3n) is 5.33. The fraction of sp³-hybridized carbons (Fsp3) is 0.250. The first-order valence-electron chi connectivity index (χ1n) is 9.35. The van der Waals surface area contributed by atoms with Crippen LogP contribution in [0.25, 0.3) is 27.8 Å². The molecular formula is C20H19N5O3S. The van der Waals surface area contributed by atoms with Gasteiger partial charge in [-0.15, -0.1) is 10.2 Å². The molecule has 29 heavy (non-hydrogen) atoms. The zero-order valence-corrected chi connectivity index (χ0v) is 16.3. The molecule has 0 unspecified atom stereocenters. The summed E-state index contributed by atoms with van der Waals surface area (Å²) in [6, 6.07) is 12.4. The Kier molecular flexibility index (Phi) is 4.30. The van der Waals surface area contributed by atoms with Crippen LogP contribution in [-0.2, 0) is 14.8 Å². The Labute approximate surface area is 167 Å². The Morgan fingerprint density at radius 1 is 1.03 bits per heavy atom. The van der Waals surface area contributed by atoms with Crippen LogP contribution in [0.3, 0.4) is 0 Å². The maximum absolute atomic E-state index is 11.7. The van der Waals surface area contributed by atoms with Crippen molar-refractivity contribution in [3.63, 3.8) is 0 Å². The highest BCUT2D eigenvalue weighted by molar-refractivity contribution is 7.89. The zero-order chi connectivity index (χ0) is 20.0. The van der Waals surface area contributed by atoms with Crippen LogP contribution in [0.1, 0.15) is 24.6 Å². The summed E-state index contributed by atoms with van der Waals surface area (Å²) in [6.07, 6.45) is 3.53. The van der Waals surface area contributed by atoms with E-state index in [0.717, 1.165) is 40.8 Å². The van der Waals surface area contributed by atoms with E-state index in [1.165, 1.54) is 6.07 Å². The summed E-state index contributed by atoms with van der Waals surface area (Å²) in [5, 5.41) is 14.0. The second-order valence-corrected chi connectivity index (χ2v) is 8.73. The standard InChI is InChI=1S/C20H19N5O3S/c21-29(26,27)16-3-1-2-14(10-16)15-4-5-17-18(11-15)25-19(12-22-17)23-24-20(25)13-6-8-28-9-7-13/h1-5,10-13H,6-9H2,(H2,21,26,27). The summed E-state index contributed by atoms with van der Waals surface area (Å²) < 4.78 is 31.0. The summed E-state index contributed by atoms with van der Waals surface area (Å²) in [4.78, 5) is 4.58. The first kappa shape index (κ1) is 18.2. The Bertz CT molecular complexity index is 1330. The van der Waals surface area contributed by atoms with Gasteiger partial charge in [0, 0.05) is 19.1 Å². The van der Waals surface area contributed by atoms with Crippen LogP contribution in [0.5, 0.6) is 0 Å². The van der Waals surface area contributed by atoms with Crippen molar-refractivity contribution in [1.29, 1.82) is 0 Å². The van der Waals surface area contributed by atoms with Crippen LogP contribution >= 0.6 is 0 Å². The smallest absolute Gasteiger partial charge is 0.238 e. The lowest BCUT2D eigenvalue weighted by Gasteiger charge is -2.20. The predicted molar refractivity (Wildman–Crippen MR) is 108 cm³/mol. The molecule has 148 valence electrons. The number of nitrogens with two attached hydrogens (primary N) is 1. The highest BCUT2D eigenvalue weighted by Gasteiger charge is 2.22. The minimum atomic E-state index is -3.77. The fourth-order valence-corrected chi connectivity index (χ4v) is 4.39. The summed E-state index contributed by atoms with van der Waals surface area (Å²) in [5.41, 5.74) is 4.01. The molecule has 8 nitrogen and oxygen atoms in total. The number of aromatic nitrogens is 4. The molecule has 0 amide bonds. The monoisotopic (exact) mass is 409 g/mol. The van der Waals surface area contributed by atoms with Gasteiger partial charge in [0.25, 0.3) is 0 Å². The van der Waals surface area contributed by atoms with E-state index in [-0.39, 0.29) is 10.8 Å². The predicted octanol–water partition coefficient (Wildman–Crippen LogP) is 2.49. The van der Waals surface area contributed by atoms with Crippen LogP contribution in [0.15, 0.2) is 53.6 Å². The maximum atomic E-state index is 11.7. The van der Waals surface area contributed by atoms with Crippen molar-refractivity contribution in [3.05, 3.63) is 54.5 Å². The minimum Gasteiger partial charge on any atom is -0.381 e. The quantitative estimate of drug-likeness (QED) is 0.556. The lowest BCUT2D eigenvalue weighted by atomic mass is 9.99. The molecule has 3 heterocycles. The molecule has 5 rings (SSSR count). The Morgan fingerprint density at radius 3 is 2.62 bits per heavy atom. The lowest BCUT2D eigenvalue weighted by molar-refractivity contribution is 0.0834. The first-order chi connectivity index (χ1) is 14.0. The molecule has 0 bridgehead atoms. The number of benzene rings is 2. The highest BCUT2D eigenvalue weighted by atomic mass is 32.2. The summed E-state index contributed by atoms with van der Waals surface area (Å²) in [7, 11) is -3.77. The number of fused-ring (bicyclic) bond motifs is 3. The van der Waals surface area contributed by atoms with E-state index >= 15 is 0 Å². The normalized spacial score (nSPS) is 15.9. The molecular weight excluding hydrogens is 390 g/mol. The van der Waals surface area contributed by atoms with Gasteiger partial charge in [-0.2, -0.15) is 0 Å². The van der Waals surface area contributed by atoms with Crippen LogP contribution in [-0.4, -0.2) is 41.2 Å². The molecule has 2 N–H and O–H groups in total. The molecule has 1 saturated heterocycles. The molecule has 1 aliphatic heterocycles. The Balaban J connectivity index is 1.70. The Hall–Kier alpha value is -2.88. The maximum Gasteiger partial charge on any atom is 0.238 e. The van der Waals surface area contributed by atoms with E-state index in [1.54, 1.807) is 18.3 Å². The molecule has 1 fully saturated rings. The van der Waals surface area contributed by atoms with Crippen molar-refractivity contribution < 1.29 is 13.2 Å². The van der Waals surface area contributed by atoms with E-state index < -0.39 is 10.0 Å². The van der Waals surface area contributed by atoms with Crippen molar-refractivity contribution in [2.75, 3.05) is 13.2 Å². The zero-order valence-electron chi connectivity index (χ0n) is 15.5. The average Bonchev–Trinajstić information content (AvgIpc) is 3.18. The van der Waals surface area contributed by atoms with Gasteiger partial charge in [-0.3, -0.25) is 9.38 Å². The van der Waals surface area contributed by atoms with Crippen LogP contribution in [0.2, 0.25) is 0 Å². The van der Waals surface area contributed by atoms with Crippen LogP contribution < -0.4 is 5.14 Å². The number of nitrogens with zero attached hydrogens (tertiary/aromatic N) is 4. The largest absolute Gasteiger partial charge is 0.381 e. The van der Waals surface area contributed by atoms with E-state index in [9.17, 15) is 8.42 Å². The number of sulfonamides is 1. The molecule has 0 atom stereocenters. The van der Waals surface area contributed by atoms with Crippen LogP contribution in [0, 0.1) is 0 Å². The van der Waals surface area contributed by atoms with E-state index in [0.29, 0.717) is 18.9 Å². The number of primary sulfonamides is 1. The molecule has 2 aromatic heterocycles. The van der Waals surface area contributed by atoms with Gasteiger partial charge < -0.3 is 4.74 Å². The summed E-state index contributed by atoms with van der Waals surface area (Å²) in [6.45, 7) is 1.43. The minimum absolute atomic E-state index is 0.0821. The van der Waals surface area contributed by atoms with Crippen molar-refractivity contribution >= 4 is 26.7 Å². The number of hydrogen-bond acceptors (Lipinski definition) is 6. The van der Waals surface area contributed by atoms with Crippen molar-refractivity contribution in [1.82, 2.24) is 19.6 Å². The number of hydrogen-bond donors (Lipinski definition) is 1. The summed E-state index contributed by atoms with van der Waals surface area (Å²) in [5.74, 6) is 1.19. The number of ether oxygens (including phenoxy) is 1. The highest BCUT2D eigenvalue weighted by Crippen LogP contribution is 2.30. The van der Waals surface area contributed by atoms with Gasteiger partial charge in [0.15, 0.2) is 5.65 Å². The third-order valence-corrected chi connectivity index (χ3v) is 6.24. The van der Waals surface area contributed by atoms with E-state index in [4.69, 9.17) is 9.88 Å². The van der Waals surface area contributed by atoms with E-state index in [2.05, 4.69) is 15.2 Å². The van der Waals surface area contributed by atoms with Crippen molar-refractivity contribution in [2.24, 2.45) is 5.14 Å². The van der Waals surface area contributed by atoms with Crippen LogP contribution in [0.4, 0.5) is 0 Å². The van der Waals surface area contributed by atoms with Gasteiger partial charge in [-0.25, -0.2) is 13.6 Å². The van der Waals surface area contributed by atoms with Gasteiger partial charge in [0.1, 0.15) is 5.82 Å². The fourth-order valence-electron chi connectivity index (χ4n) is 3.83.